The molecule has 0 spiro atoms. The smallest absolute Gasteiger partial charge is 0.243 e. The number of hydrogen-bond acceptors (Lipinski definition) is 7. The maximum absolute atomic E-state index is 13.5. The van der Waals surface area contributed by atoms with E-state index in [1.807, 2.05) is 18.2 Å². The van der Waals surface area contributed by atoms with E-state index in [9.17, 15) is 22.7 Å². The standard InChI is InChI=1S/C28H36FN3O6S/c29-21-6-9-25(10-7-21)39(35,36)32-17-23(33)18-37-19-27-26(32)11-8-24(38-27)14-28(34)30-22-12-13-31(16-22)15-20-4-2-1-3-5-20/h1-7,9-10,22-24,26-27,33H,8,11-19H2,(H,30,34)/t22-,23+,24+,26-,27+/m0/s1. The van der Waals surface area contributed by atoms with Crippen LogP contribution in [0.15, 0.2) is 59.5 Å². The van der Waals surface area contributed by atoms with Crippen LogP contribution in [0.1, 0.15) is 31.2 Å². The number of carbonyl (C=O) groups excluding carboxylic acids is 1. The number of nitrogens with one attached hydrogen (secondary N) is 1. The number of amides is 1. The number of aliphatic hydroxyl groups is 1. The Balaban J connectivity index is 1.18. The van der Waals surface area contributed by atoms with Gasteiger partial charge in [0.25, 0.3) is 0 Å². The predicted octanol–water partition coefficient (Wildman–Crippen LogP) is 1.90. The van der Waals surface area contributed by atoms with E-state index in [1.165, 1.54) is 22.0 Å². The molecule has 0 aromatic heterocycles. The maximum atomic E-state index is 13.5. The van der Waals surface area contributed by atoms with Crippen molar-refractivity contribution in [1.29, 1.82) is 0 Å². The van der Waals surface area contributed by atoms with Crippen LogP contribution < -0.4 is 5.32 Å². The molecule has 0 aliphatic carbocycles. The summed E-state index contributed by atoms with van der Waals surface area (Å²) in [5.74, 6) is -0.612. The summed E-state index contributed by atoms with van der Waals surface area (Å²) in [4.78, 5) is 15.2. The molecule has 212 valence electrons. The summed E-state index contributed by atoms with van der Waals surface area (Å²) in [5.41, 5.74) is 1.25. The molecular formula is C28H36FN3O6S. The Bertz CT molecular complexity index is 1220. The highest BCUT2D eigenvalue weighted by Gasteiger charge is 2.43. The minimum absolute atomic E-state index is 0.0334. The molecule has 2 aromatic carbocycles. The first-order chi connectivity index (χ1) is 18.8. The second-order valence-electron chi connectivity index (χ2n) is 10.6. The number of rotatable bonds is 7. The first kappa shape index (κ1) is 28.1. The third kappa shape index (κ3) is 7.03. The molecule has 3 fully saturated rings. The van der Waals surface area contributed by atoms with Crippen molar-refractivity contribution in [3.8, 4) is 0 Å². The summed E-state index contributed by atoms with van der Waals surface area (Å²) in [5, 5.41) is 13.5. The van der Waals surface area contributed by atoms with Crippen molar-refractivity contribution in [2.75, 3.05) is 32.8 Å². The Morgan fingerprint density at radius 2 is 1.79 bits per heavy atom. The van der Waals surface area contributed by atoms with Crippen LogP contribution in [-0.2, 0) is 30.8 Å². The van der Waals surface area contributed by atoms with Crippen LogP contribution in [-0.4, -0.2) is 91.9 Å². The van der Waals surface area contributed by atoms with Crippen LogP contribution >= 0.6 is 0 Å². The molecule has 2 N–H and O–H groups in total. The van der Waals surface area contributed by atoms with E-state index in [2.05, 4.69) is 22.3 Å². The molecule has 3 aliphatic rings. The second kappa shape index (κ2) is 12.4. The van der Waals surface area contributed by atoms with Crippen molar-refractivity contribution in [2.24, 2.45) is 0 Å². The van der Waals surface area contributed by atoms with Crippen molar-refractivity contribution >= 4 is 15.9 Å². The number of benzene rings is 2. The number of sulfonamides is 1. The molecule has 0 radical (unpaired) electrons. The zero-order chi connectivity index (χ0) is 27.4. The van der Waals surface area contributed by atoms with Crippen molar-refractivity contribution in [2.45, 2.75) is 67.5 Å². The van der Waals surface area contributed by atoms with Crippen molar-refractivity contribution in [1.82, 2.24) is 14.5 Å². The minimum atomic E-state index is -4.02. The Hall–Kier alpha value is -2.41. The fourth-order valence-corrected chi connectivity index (χ4v) is 7.46. The minimum Gasteiger partial charge on any atom is -0.389 e. The summed E-state index contributed by atoms with van der Waals surface area (Å²) >= 11 is 0. The second-order valence-corrected chi connectivity index (χ2v) is 12.5. The number of nitrogens with zero attached hydrogens (tertiary/aromatic N) is 2. The van der Waals surface area contributed by atoms with E-state index in [1.54, 1.807) is 0 Å². The van der Waals surface area contributed by atoms with Crippen LogP contribution in [0.2, 0.25) is 0 Å². The average Bonchev–Trinajstić information content (AvgIpc) is 3.33. The van der Waals surface area contributed by atoms with Crippen LogP contribution in [0.4, 0.5) is 4.39 Å². The lowest BCUT2D eigenvalue weighted by molar-refractivity contribution is -0.146. The largest absolute Gasteiger partial charge is 0.389 e. The molecule has 11 heteroatoms. The summed E-state index contributed by atoms with van der Waals surface area (Å²) in [6, 6.07) is 14.4. The molecule has 3 aliphatic heterocycles. The molecule has 5 atom stereocenters. The Morgan fingerprint density at radius 3 is 2.56 bits per heavy atom. The molecule has 3 heterocycles. The summed E-state index contributed by atoms with van der Waals surface area (Å²) in [6.45, 7) is 2.49. The quantitative estimate of drug-likeness (QED) is 0.532. The molecule has 0 unspecified atom stereocenters. The number of β-amino-alcohol motifs (C(OH)–C–C–N with tert-alkyl or cyclic N) is 1. The molecule has 1 amide bonds. The fraction of sp³-hybridized carbons (Fsp3) is 0.536. The van der Waals surface area contributed by atoms with E-state index in [0.717, 1.165) is 38.2 Å². The highest BCUT2D eigenvalue weighted by Crippen LogP contribution is 2.31. The molecule has 0 bridgehead atoms. The van der Waals surface area contributed by atoms with Gasteiger partial charge in [0.15, 0.2) is 0 Å². The molecule has 0 saturated carbocycles. The van der Waals surface area contributed by atoms with Gasteiger partial charge in [0.2, 0.25) is 15.9 Å². The molecular weight excluding hydrogens is 525 g/mol. The lowest BCUT2D eigenvalue weighted by Gasteiger charge is -2.43. The number of carbonyl (C=O) groups is 1. The van der Waals surface area contributed by atoms with Gasteiger partial charge in [-0.3, -0.25) is 9.69 Å². The number of hydrogen-bond donors (Lipinski definition) is 2. The predicted molar refractivity (Wildman–Crippen MR) is 142 cm³/mol. The number of fused-ring (bicyclic) bond motifs is 1. The highest BCUT2D eigenvalue weighted by molar-refractivity contribution is 7.89. The number of halogens is 1. The van der Waals surface area contributed by atoms with Gasteiger partial charge in [-0.2, -0.15) is 4.31 Å². The lowest BCUT2D eigenvalue weighted by atomic mass is 9.96. The van der Waals surface area contributed by atoms with Gasteiger partial charge in [0.1, 0.15) is 5.82 Å². The van der Waals surface area contributed by atoms with Gasteiger partial charge in [0.05, 0.1) is 48.9 Å². The van der Waals surface area contributed by atoms with Gasteiger partial charge in [0, 0.05) is 32.2 Å². The summed E-state index contributed by atoms with van der Waals surface area (Å²) < 4.78 is 53.5. The molecule has 9 nitrogen and oxygen atoms in total. The Morgan fingerprint density at radius 1 is 1.03 bits per heavy atom. The SMILES string of the molecule is O=C(C[C@H]1CC[C@H]2[C@@H](COC[C@H](O)CN2S(=O)(=O)c2ccc(F)cc2)O1)N[C@H]1CCN(Cc2ccccc2)C1. The first-order valence-electron chi connectivity index (χ1n) is 13.5. The Labute approximate surface area is 228 Å². The maximum Gasteiger partial charge on any atom is 0.243 e. The van der Waals surface area contributed by atoms with E-state index >= 15 is 0 Å². The first-order valence-corrected chi connectivity index (χ1v) is 15.0. The van der Waals surface area contributed by atoms with E-state index in [4.69, 9.17) is 9.47 Å². The zero-order valence-corrected chi connectivity index (χ0v) is 22.6. The molecule has 2 aromatic rings. The fourth-order valence-electron chi connectivity index (χ4n) is 5.74. The van der Waals surface area contributed by atoms with Crippen LogP contribution in [0.5, 0.6) is 0 Å². The third-order valence-electron chi connectivity index (χ3n) is 7.65. The van der Waals surface area contributed by atoms with Crippen LogP contribution in [0, 0.1) is 5.82 Å². The zero-order valence-electron chi connectivity index (χ0n) is 21.8. The van der Waals surface area contributed by atoms with Gasteiger partial charge >= 0.3 is 0 Å². The number of likely N-dealkylation sites (tertiary alicyclic amines) is 1. The van der Waals surface area contributed by atoms with E-state index in [0.29, 0.717) is 12.8 Å². The van der Waals surface area contributed by atoms with Gasteiger partial charge in [-0.05, 0) is 49.1 Å². The summed E-state index contributed by atoms with van der Waals surface area (Å²) in [6.07, 6.45) is 0.0617. The van der Waals surface area contributed by atoms with Crippen LogP contribution in [0.3, 0.4) is 0 Å². The van der Waals surface area contributed by atoms with Crippen molar-refractivity contribution in [3.05, 3.63) is 66.0 Å². The van der Waals surface area contributed by atoms with Gasteiger partial charge in [-0.15, -0.1) is 0 Å². The molecule has 39 heavy (non-hydrogen) atoms. The molecule has 5 rings (SSSR count). The number of aliphatic hydroxyl groups excluding tert-OH is 1. The monoisotopic (exact) mass is 561 g/mol. The van der Waals surface area contributed by atoms with Crippen molar-refractivity contribution < 1.29 is 32.2 Å². The van der Waals surface area contributed by atoms with Crippen LogP contribution in [0.25, 0.3) is 0 Å². The topological polar surface area (TPSA) is 108 Å². The average molecular weight is 562 g/mol. The van der Waals surface area contributed by atoms with Crippen molar-refractivity contribution in [3.63, 3.8) is 0 Å². The van der Waals surface area contributed by atoms with Gasteiger partial charge < -0.3 is 19.9 Å². The van der Waals surface area contributed by atoms with Gasteiger partial charge in [-0.1, -0.05) is 30.3 Å². The third-order valence-corrected chi connectivity index (χ3v) is 9.56. The van der Waals surface area contributed by atoms with E-state index in [-0.39, 0.29) is 49.1 Å². The summed E-state index contributed by atoms with van der Waals surface area (Å²) in [7, 11) is -4.02. The lowest BCUT2D eigenvalue weighted by Crippen LogP contribution is -2.57. The highest BCUT2D eigenvalue weighted by atomic mass is 32.2. The normalized spacial score (nSPS) is 28.8. The van der Waals surface area contributed by atoms with Gasteiger partial charge in [-0.25, -0.2) is 12.8 Å². The molecule has 3 saturated heterocycles. The Kier molecular flexibility index (Phi) is 8.95. The van der Waals surface area contributed by atoms with E-state index < -0.39 is 34.1 Å². The number of ether oxygens (including phenoxy) is 2.